The Hall–Kier alpha value is -2.15. The van der Waals surface area contributed by atoms with Crippen LogP contribution in [0.4, 0.5) is 0 Å². The molecule has 2 rings (SSSR count). The zero-order valence-corrected chi connectivity index (χ0v) is 16.1. The third kappa shape index (κ3) is 3.33. The molecule has 0 saturated carbocycles. The van der Waals surface area contributed by atoms with Gasteiger partial charge in [-0.3, -0.25) is 13.9 Å². The maximum Gasteiger partial charge on any atom is 0.316 e. The minimum Gasteiger partial charge on any atom is -0.423 e. The molecule has 7 heteroatoms. The van der Waals surface area contributed by atoms with Crippen molar-refractivity contribution in [2.45, 2.75) is 52.5 Å². The van der Waals surface area contributed by atoms with Gasteiger partial charge in [-0.15, -0.1) is 0 Å². The molecule has 0 fully saturated rings. The second-order valence-corrected chi connectivity index (χ2v) is 9.05. The molecule has 0 amide bonds. The third-order valence-corrected chi connectivity index (χ3v) is 5.75. The van der Waals surface area contributed by atoms with E-state index in [0.717, 1.165) is 4.31 Å². The number of ether oxygens (including phenoxy) is 1. The largest absolute Gasteiger partial charge is 0.423 e. The molecule has 0 saturated heterocycles. The van der Waals surface area contributed by atoms with Gasteiger partial charge in [0.1, 0.15) is 5.70 Å². The van der Waals surface area contributed by atoms with Gasteiger partial charge in [0.25, 0.3) is 10.0 Å². The number of hydrogen-bond donors (Lipinski definition) is 0. The number of Topliss-reactive ketones (excluding diaryl/α,β-unsaturated/α-hetero) is 1. The van der Waals surface area contributed by atoms with Crippen LogP contribution in [0.25, 0.3) is 5.76 Å². The van der Waals surface area contributed by atoms with Crippen molar-refractivity contribution in [3.8, 4) is 0 Å². The lowest BCUT2D eigenvalue weighted by atomic mass is 9.97. The second kappa shape index (κ2) is 6.29. The van der Waals surface area contributed by atoms with Crippen molar-refractivity contribution < 1.29 is 22.7 Å². The predicted octanol–water partition coefficient (Wildman–Crippen LogP) is 2.95. The smallest absolute Gasteiger partial charge is 0.316 e. The lowest BCUT2D eigenvalue weighted by Crippen LogP contribution is -2.42. The van der Waals surface area contributed by atoms with Crippen molar-refractivity contribution in [2.24, 2.45) is 5.41 Å². The number of allylic oxidation sites excluding steroid dienone is 1. The Balaban J connectivity index is 2.83. The summed E-state index contributed by atoms with van der Waals surface area (Å²) in [5.74, 6) is -1.03. The molecular weight excluding hydrogens is 342 g/mol. The first-order valence-electron chi connectivity index (χ1n) is 8.00. The molecule has 0 unspecified atom stereocenters. The van der Waals surface area contributed by atoms with E-state index in [1.54, 1.807) is 52.8 Å². The van der Waals surface area contributed by atoms with Crippen molar-refractivity contribution >= 4 is 27.5 Å². The Morgan fingerprint density at radius 1 is 1.12 bits per heavy atom. The molecule has 1 aliphatic heterocycles. The predicted molar refractivity (Wildman–Crippen MR) is 93.8 cm³/mol. The number of sulfonamides is 1. The van der Waals surface area contributed by atoms with E-state index in [-0.39, 0.29) is 21.9 Å². The van der Waals surface area contributed by atoms with Crippen LogP contribution in [0.5, 0.6) is 0 Å². The van der Waals surface area contributed by atoms with Gasteiger partial charge in [-0.2, -0.15) is 0 Å². The molecule has 1 aromatic rings. The van der Waals surface area contributed by atoms with Crippen molar-refractivity contribution in [1.82, 2.24) is 4.31 Å². The summed E-state index contributed by atoms with van der Waals surface area (Å²) >= 11 is 0. The van der Waals surface area contributed by atoms with Gasteiger partial charge < -0.3 is 4.74 Å². The molecule has 1 heterocycles. The average Bonchev–Trinajstić information content (AvgIpc) is 2.47. The number of esters is 1. The van der Waals surface area contributed by atoms with E-state index >= 15 is 0 Å². The van der Waals surface area contributed by atoms with Crippen LogP contribution in [0.1, 0.15) is 47.1 Å². The highest BCUT2D eigenvalue weighted by Gasteiger charge is 2.42. The summed E-state index contributed by atoms with van der Waals surface area (Å²) < 4.78 is 32.6. The van der Waals surface area contributed by atoms with Crippen molar-refractivity contribution in [1.29, 1.82) is 0 Å². The van der Waals surface area contributed by atoms with Gasteiger partial charge in [-0.25, -0.2) is 8.42 Å². The Morgan fingerprint density at radius 2 is 1.68 bits per heavy atom. The third-order valence-electron chi connectivity index (χ3n) is 3.71. The van der Waals surface area contributed by atoms with Gasteiger partial charge in [-0.1, -0.05) is 12.1 Å². The first-order valence-corrected chi connectivity index (χ1v) is 9.44. The first kappa shape index (κ1) is 19.2. The van der Waals surface area contributed by atoms with Gasteiger partial charge in [-0.05, 0) is 46.8 Å². The molecule has 1 aromatic carbocycles. The highest BCUT2D eigenvalue weighted by Crippen LogP contribution is 2.39. The number of benzene rings is 1. The molecule has 6 nitrogen and oxygen atoms in total. The molecule has 0 bridgehead atoms. The molecule has 136 valence electrons. The molecular formula is C18H23NO5S. The summed E-state index contributed by atoms with van der Waals surface area (Å²) in [5.41, 5.74) is -0.698. The van der Waals surface area contributed by atoms with Crippen molar-refractivity contribution in [3.05, 3.63) is 35.5 Å². The fourth-order valence-electron chi connectivity index (χ4n) is 2.53. The molecule has 0 aliphatic carbocycles. The van der Waals surface area contributed by atoms with Crippen LogP contribution in [-0.2, 0) is 24.3 Å². The summed E-state index contributed by atoms with van der Waals surface area (Å²) in [6.07, 6.45) is 0. The number of carbonyl (C=O) groups is 2. The second-order valence-electron chi connectivity index (χ2n) is 7.26. The standard InChI is InChI=1S/C18H23NO5S/c1-11(2)19-15(12(3)20)16(24-17(21)18(4,5)6)13-9-7-8-10-14(13)25(19,22)23/h7-11H,1-6H3. The molecule has 0 N–H and O–H groups in total. The Kier molecular flexibility index (Phi) is 4.83. The van der Waals surface area contributed by atoms with Crippen LogP contribution in [0.15, 0.2) is 34.9 Å². The minimum atomic E-state index is -3.92. The highest BCUT2D eigenvalue weighted by atomic mass is 32.2. The molecule has 25 heavy (non-hydrogen) atoms. The fourth-order valence-corrected chi connectivity index (χ4v) is 4.44. The van der Waals surface area contributed by atoms with Gasteiger partial charge >= 0.3 is 5.97 Å². The topological polar surface area (TPSA) is 80.8 Å². The molecule has 0 aromatic heterocycles. The number of hydrogen-bond acceptors (Lipinski definition) is 5. The average molecular weight is 365 g/mol. The van der Waals surface area contributed by atoms with E-state index in [4.69, 9.17) is 4.74 Å². The Labute approximate surface area is 148 Å². The van der Waals surface area contributed by atoms with E-state index in [2.05, 4.69) is 0 Å². The lowest BCUT2D eigenvalue weighted by molar-refractivity contribution is -0.145. The van der Waals surface area contributed by atoms with Gasteiger partial charge in [0.15, 0.2) is 11.5 Å². The Morgan fingerprint density at radius 3 is 2.16 bits per heavy atom. The van der Waals surface area contributed by atoms with E-state index in [1.165, 1.54) is 13.0 Å². The number of ketones is 1. The van der Waals surface area contributed by atoms with Crippen LogP contribution < -0.4 is 0 Å². The SMILES string of the molecule is CC(=O)C1=C(OC(=O)C(C)(C)C)c2ccccc2S(=O)(=O)N1C(C)C. The monoisotopic (exact) mass is 365 g/mol. The van der Waals surface area contributed by atoms with Gasteiger partial charge in [0.2, 0.25) is 0 Å². The van der Waals surface area contributed by atoms with E-state index < -0.39 is 33.2 Å². The van der Waals surface area contributed by atoms with E-state index in [0.29, 0.717) is 0 Å². The lowest BCUT2D eigenvalue weighted by Gasteiger charge is -2.35. The zero-order valence-electron chi connectivity index (χ0n) is 15.3. The van der Waals surface area contributed by atoms with Crippen LogP contribution in [0.3, 0.4) is 0 Å². The Bertz CT molecular complexity index is 860. The summed E-state index contributed by atoms with van der Waals surface area (Å²) in [6, 6.07) is 5.71. The number of carbonyl (C=O) groups excluding carboxylic acids is 2. The summed E-state index contributed by atoms with van der Waals surface area (Å²) in [4.78, 5) is 24.7. The van der Waals surface area contributed by atoms with Crippen molar-refractivity contribution in [2.75, 3.05) is 0 Å². The molecule has 0 atom stereocenters. The zero-order chi connectivity index (χ0) is 19.2. The van der Waals surface area contributed by atoms with Crippen LogP contribution in [0, 0.1) is 5.41 Å². The summed E-state index contributed by atoms with van der Waals surface area (Å²) in [7, 11) is -3.92. The van der Waals surface area contributed by atoms with E-state index in [9.17, 15) is 18.0 Å². The molecule has 0 radical (unpaired) electrons. The van der Waals surface area contributed by atoms with Crippen LogP contribution >= 0.6 is 0 Å². The molecule has 0 spiro atoms. The van der Waals surface area contributed by atoms with Gasteiger partial charge in [0, 0.05) is 18.5 Å². The van der Waals surface area contributed by atoms with Crippen molar-refractivity contribution in [3.63, 3.8) is 0 Å². The highest BCUT2D eigenvalue weighted by molar-refractivity contribution is 7.89. The number of fused-ring (bicyclic) bond motifs is 1. The molecule has 1 aliphatic rings. The first-order chi connectivity index (χ1) is 11.4. The number of rotatable bonds is 3. The van der Waals surface area contributed by atoms with Gasteiger partial charge in [0.05, 0.1) is 10.3 Å². The quantitative estimate of drug-likeness (QED) is 0.769. The number of nitrogens with zero attached hydrogens (tertiary/aromatic N) is 1. The summed E-state index contributed by atoms with van der Waals surface area (Å²) in [5, 5.41) is 0. The fraction of sp³-hybridized carbons (Fsp3) is 0.444. The van der Waals surface area contributed by atoms with Crippen LogP contribution in [0.2, 0.25) is 0 Å². The van der Waals surface area contributed by atoms with Crippen LogP contribution in [-0.4, -0.2) is 30.5 Å². The maximum absolute atomic E-state index is 13.0. The maximum atomic E-state index is 13.0. The minimum absolute atomic E-state index is 0.00782. The normalized spacial score (nSPS) is 16.7. The summed E-state index contributed by atoms with van der Waals surface area (Å²) in [6.45, 7) is 9.66. The van der Waals surface area contributed by atoms with E-state index in [1.807, 2.05) is 0 Å².